The van der Waals surface area contributed by atoms with Gasteiger partial charge in [0.05, 0.1) is 25.4 Å². The van der Waals surface area contributed by atoms with E-state index < -0.39 is 23.0 Å². The minimum absolute atomic E-state index is 0.256. The molecule has 37 heavy (non-hydrogen) atoms. The van der Waals surface area contributed by atoms with Crippen LogP contribution in [0, 0.1) is 23.4 Å². The van der Waals surface area contributed by atoms with E-state index in [1.165, 1.54) is 6.07 Å². The molecule has 2 N–H and O–H groups in total. The molecule has 0 aliphatic heterocycles. The van der Waals surface area contributed by atoms with E-state index in [9.17, 15) is 14.0 Å². The number of fused-ring (bicyclic) bond motifs is 1. The molecule has 0 saturated heterocycles. The number of anilines is 2. The van der Waals surface area contributed by atoms with E-state index >= 15 is 0 Å². The molecule has 4 aromatic rings. The van der Waals surface area contributed by atoms with Crippen LogP contribution in [0.1, 0.15) is 12.8 Å². The Morgan fingerprint density at radius 2 is 1.59 bits per heavy atom. The first-order valence-electron chi connectivity index (χ1n) is 11.4. The molecule has 0 spiro atoms. The fourth-order valence-electron chi connectivity index (χ4n) is 3.88. The predicted octanol–water partition coefficient (Wildman–Crippen LogP) is 5.14. The van der Waals surface area contributed by atoms with E-state index in [1.807, 2.05) is 0 Å². The molecule has 3 aromatic carbocycles. The molecule has 9 heteroatoms. The van der Waals surface area contributed by atoms with E-state index in [4.69, 9.17) is 14.2 Å². The number of carbonyl (C=O) groups is 2. The van der Waals surface area contributed by atoms with Gasteiger partial charge in [-0.05, 0) is 73.5 Å². The van der Waals surface area contributed by atoms with Crippen LogP contribution < -0.4 is 24.8 Å². The molecule has 0 unspecified atom stereocenters. The van der Waals surface area contributed by atoms with Crippen molar-refractivity contribution in [3.05, 3.63) is 78.7 Å². The Labute approximate surface area is 212 Å². The minimum Gasteiger partial charge on any atom is -0.493 e. The molecule has 1 aromatic heterocycles. The highest BCUT2D eigenvalue weighted by molar-refractivity contribution is 6.16. The Bertz CT molecular complexity index is 1470. The first kappa shape index (κ1) is 23.9. The predicted molar refractivity (Wildman–Crippen MR) is 134 cm³/mol. The molecule has 1 aliphatic carbocycles. The van der Waals surface area contributed by atoms with E-state index in [0.29, 0.717) is 47.0 Å². The maximum Gasteiger partial charge on any atom is 0.240 e. The van der Waals surface area contributed by atoms with Gasteiger partial charge in [-0.25, -0.2) is 0 Å². The van der Waals surface area contributed by atoms with Crippen molar-refractivity contribution in [3.63, 3.8) is 0 Å². The van der Waals surface area contributed by atoms with Gasteiger partial charge in [0.2, 0.25) is 11.8 Å². The Balaban J connectivity index is 1.27. The number of ether oxygens (including phenoxy) is 3. The van der Waals surface area contributed by atoms with Crippen LogP contribution in [-0.4, -0.2) is 31.0 Å². The maximum absolute atomic E-state index is 13.0. The highest BCUT2D eigenvalue weighted by atomic mass is 19.1. The lowest BCUT2D eigenvalue weighted by molar-refractivity contribution is -0.131. The quantitative estimate of drug-likeness (QED) is 0.326. The second-order valence-corrected chi connectivity index (χ2v) is 8.50. The van der Waals surface area contributed by atoms with Gasteiger partial charge >= 0.3 is 0 Å². The summed E-state index contributed by atoms with van der Waals surface area (Å²) in [6.45, 7) is 0. The first-order valence-corrected chi connectivity index (χ1v) is 11.4. The van der Waals surface area contributed by atoms with Crippen molar-refractivity contribution in [2.24, 2.45) is 5.41 Å². The summed E-state index contributed by atoms with van der Waals surface area (Å²) in [5.74, 6) is 0.786. The number of hydrogen-bond donors (Lipinski definition) is 2. The summed E-state index contributed by atoms with van der Waals surface area (Å²) in [5.41, 5.74) is 0.284. The van der Waals surface area contributed by atoms with Crippen molar-refractivity contribution in [2.45, 2.75) is 12.8 Å². The SMILES string of the molecule is COc1cc2nccc(Oc3ccc(NC(=O)C4(C(=O)Nc5c#cc(F)cc5)CC4)cc3)c2cc1OC. The average Bonchev–Trinajstić information content (AvgIpc) is 3.73. The standard InChI is InChI=1S/C28H22FN3O5/c1-35-24-15-21-22(16-25(24)36-2)30-14-11-23(21)37-20-9-7-19(8-10-20)32-27(34)28(12-13-28)26(33)31-18-5-3-17(29)4-6-18/h3,5,7-11,14-16H,12-13H2,1-2H3,(H,31,33)(H,32,34). The summed E-state index contributed by atoms with van der Waals surface area (Å²) in [7, 11) is 3.12. The van der Waals surface area contributed by atoms with E-state index in [2.05, 4.69) is 27.8 Å². The van der Waals surface area contributed by atoms with Crippen molar-refractivity contribution in [3.8, 4) is 23.0 Å². The number of halogens is 1. The van der Waals surface area contributed by atoms with Gasteiger partial charge in [0, 0.05) is 23.3 Å². The second kappa shape index (κ2) is 9.66. The molecule has 2 amide bonds. The largest absolute Gasteiger partial charge is 0.493 e. The Morgan fingerprint density at radius 3 is 2.24 bits per heavy atom. The Morgan fingerprint density at radius 1 is 0.892 bits per heavy atom. The lowest BCUT2D eigenvalue weighted by atomic mass is 10.0. The summed E-state index contributed by atoms with van der Waals surface area (Å²) < 4.78 is 29.8. The fourth-order valence-corrected chi connectivity index (χ4v) is 3.88. The third-order valence-corrected chi connectivity index (χ3v) is 6.13. The molecule has 186 valence electrons. The lowest BCUT2D eigenvalue weighted by Gasteiger charge is -2.15. The highest BCUT2D eigenvalue weighted by Crippen LogP contribution is 2.47. The van der Waals surface area contributed by atoms with Crippen molar-refractivity contribution >= 4 is 34.1 Å². The molecule has 1 heterocycles. The Hall–Kier alpha value is -4.84. The zero-order chi connectivity index (χ0) is 26.0. The number of hydrogen-bond acceptors (Lipinski definition) is 6. The van der Waals surface area contributed by atoms with Crippen molar-refractivity contribution in [1.82, 2.24) is 4.98 Å². The molecule has 1 saturated carbocycles. The second-order valence-electron chi connectivity index (χ2n) is 8.50. The van der Waals surface area contributed by atoms with Gasteiger partial charge in [-0.3, -0.25) is 14.6 Å². The van der Waals surface area contributed by atoms with Crippen LogP contribution in [0.5, 0.6) is 23.0 Å². The number of methoxy groups -OCH3 is 2. The topological polar surface area (TPSA) is 98.8 Å². The lowest BCUT2D eigenvalue weighted by Crippen LogP contribution is -2.35. The average molecular weight is 499 g/mol. The zero-order valence-corrected chi connectivity index (χ0v) is 20.1. The number of rotatable bonds is 8. The van der Waals surface area contributed by atoms with Crippen LogP contribution in [0.4, 0.5) is 15.8 Å². The summed E-state index contributed by atoms with van der Waals surface area (Å²) in [6.07, 6.45) is 2.47. The van der Waals surface area contributed by atoms with Gasteiger partial charge in [0.15, 0.2) is 17.3 Å². The van der Waals surface area contributed by atoms with Gasteiger partial charge in [0.25, 0.3) is 0 Å². The van der Waals surface area contributed by atoms with Crippen molar-refractivity contribution in [2.75, 3.05) is 24.9 Å². The minimum atomic E-state index is -1.17. The fraction of sp³-hybridized carbons (Fsp3) is 0.179. The molecule has 5 rings (SSSR count). The number of pyridine rings is 1. The number of nitrogens with one attached hydrogen (secondary N) is 2. The Kier molecular flexibility index (Phi) is 6.24. The van der Waals surface area contributed by atoms with Gasteiger partial charge in [-0.1, -0.05) is 0 Å². The van der Waals surface area contributed by atoms with Crippen molar-refractivity contribution < 1.29 is 28.2 Å². The van der Waals surface area contributed by atoms with Gasteiger partial charge in [-0.15, -0.1) is 0 Å². The highest BCUT2D eigenvalue weighted by Gasteiger charge is 2.56. The van der Waals surface area contributed by atoms with E-state index in [-0.39, 0.29) is 5.69 Å². The molecule has 1 aliphatic rings. The van der Waals surface area contributed by atoms with Crippen LogP contribution in [0.25, 0.3) is 10.9 Å². The molecular formula is C28H22FN3O5. The maximum atomic E-state index is 13.0. The van der Waals surface area contributed by atoms with E-state index in [0.717, 1.165) is 11.5 Å². The summed E-state index contributed by atoms with van der Waals surface area (Å²) in [4.78, 5) is 30.0. The van der Waals surface area contributed by atoms with E-state index in [1.54, 1.807) is 62.9 Å². The van der Waals surface area contributed by atoms with Crippen LogP contribution >= 0.6 is 0 Å². The molecule has 1 fully saturated rings. The van der Waals surface area contributed by atoms with Crippen LogP contribution in [0.15, 0.2) is 60.8 Å². The normalized spacial score (nSPS) is 13.3. The number of nitrogens with zero attached hydrogens (tertiary/aromatic N) is 1. The van der Waals surface area contributed by atoms with Gasteiger partial charge < -0.3 is 24.8 Å². The number of carbonyl (C=O) groups excluding carboxylic acids is 2. The first-order chi connectivity index (χ1) is 17.9. The molecular weight excluding hydrogens is 477 g/mol. The monoisotopic (exact) mass is 499 g/mol. The number of benzene rings is 2. The molecule has 0 radical (unpaired) electrons. The summed E-state index contributed by atoms with van der Waals surface area (Å²) in [6, 6.07) is 19.4. The van der Waals surface area contributed by atoms with Gasteiger partial charge in [0.1, 0.15) is 16.9 Å². The number of amides is 2. The smallest absolute Gasteiger partial charge is 0.240 e. The summed E-state index contributed by atoms with van der Waals surface area (Å²) >= 11 is 0. The third kappa shape index (κ3) is 4.82. The summed E-state index contributed by atoms with van der Waals surface area (Å²) in [5, 5.41) is 6.15. The van der Waals surface area contributed by atoms with Crippen LogP contribution in [0.3, 0.4) is 0 Å². The van der Waals surface area contributed by atoms with Gasteiger partial charge in [-0.2, -0.15) is 4.39 Å². The van der Waals surface area contributed by atoms with Crippen LogP contribution in [-0.2, 0) is 9.59 Å². The van der Waals surface area contributed by atoms with Crippen molar-refractivity contribution in [1.29, 1.82) is 0 Å². The van der Waals surface area contributed by atoms with Crippen LogP contribution in [0.2, 0.25) is 0 Å². The third-order valence-electron chi connectivity index (χ3n) is 6.13. The molecule has 0 bridgehead atoms. The molecule has 0 atom stereocenters. The number of aromatic nitrogens is 1. The zero-order valence-electron chi connectivity index (χ0n) is 20.1. The molecule has 8 nitrogen and oxygen atoms in total.